The van der Waals surface area contributed by atoms with Crippen LogP contribution in [0.4, 0.5) is 0 Å². The van der Waals surface area contributed by atoms with Crippen LogP contribution >= 0.6 is 24.0 Å². The molecule has 1 atom stereocenters. The zero-order valence-electron chi connectivity index (χ0n) is 10.4. The van der Waals surface area contributed by atoms with Gasteiger partial charge in [-0.05, 0) is 32.1 Å². The van der Waals surface area contributed by atoms with Gasteiger partial charge >= 0.3 is 0 Å². The number of nitrogens with two attached hydrogens (primary N) is 1. The van der Waals surface area contributed by atoms with Crippen molar-refractivity contribution in [3.63, 3.8) is 0 Å². The summed E-state index contributed by atoms with van der Waals surface area (Å²) in [6.07, 6.45) is 8.96. The van der Waals surface area contributed by atoms with Crippen molar-refractivity contribution < 1.29 is 4.74 Å². The molecule has 0 aromatic rings. The van der Waals surface area contributed by atoms with E-state index in [0.29, 0.717) is 18.5 Å². The van der Waals surface area contributed by atoms with Crippen LogP contribution < -0.4 is 11.1 Å². The molecule has 3 N–H and O–H groups in total. The highest BCUT2D eigenvalue weighted by Crippen LogP contribution is 2.17. The van der Waals surface area contributed by atoms with Crippen molar-refractivity contribution in [2.75, 3.05) is 13.2 Å². The van der Waals surface area contributed by atoms with Crippen molar-refractivity contribution in [3.05, 3.63) is 0 Å². The fourth-order valence-electron chi connectivity index (χ4n) is 2.48. The third kappa shape index (κ3) is 5.42. The summed E-state index contributed by atoms with van der Waals surface area (Å²) in [7, 11) is 0. The van der Waals surface area contributed by atoms with Crippen molar-refractivity contribution in [2.24, 2.45) is 10.7 Å². The predicted octanol–water partition coefficient (Wildman–Crippen LogP) is 2.02. The van der Waals surface area contributed by atoms with Crippen LogP contribution in [0.5, 0.6) is 0 Å². The molecule has 2 rings (SSSR count). The Hall–Kier alpha value is -0.0400. The van der Waals surface area contributed by atoms with Crippen LogP contribution in [-0.2, 0) is 4.74 Å². The molecule has 0 amide bonds. The van der Waals surface area contributed by atoms with Crippen LogP contribution in [0.3, 0.4) is 0 Å². The Kier molecular flexibility index (Phi) is 7.18. The maximum absolute atomic E-state index is 5.85. The fraction of sp³-hybridized carbons (Fsp3) is 0.917. The van der Waals surface area contributed by atoms with Gasteiger partial charge in [0.25, 0.3) is 0 Å². The Labute approximate surface area is 121 Å². The molecule has 2 aliphatic rings. The number of hydrogen-bond donors (Lipinski definition) is 2. The molecular formula is C12H24IN3O. The monoisotopic (exact) mass is 353 g/mol. The number of hydrogen-bond acceptors (Lipinski definition) is 2. The number of aliphatic imine (C=N–C) groups is 1. The molecule has 1 aliphatic heterocycles. The van der Waals surface area contributed by atoms with Gasteiger partial charge in [0, 0.05) is 12.6 Å². The van der Waals surface area contributed by atoms with E-state index in [4.69, 9.17) is 10.5 Å². The maximum Gasteiger partial charge on any atom is 0.188 e. The van der Waals surface area contributed by atoms with E-state index in [1.54, 1.807) is 0 Å². The number of guanidine groups is 1. The highest BCUT2D eigenvalue weighted by molar-refractivity contribution is 14.0. The zero-order valence-corrected chi connectivity index (χ0v) is 12.7. The summed E-state index contributed by atoms with van der Waals surface area (Å²) in [6.45, 7) is 1.60. The van der Waals surface area contributed by atoms with E-state index in [2.05, 4.69) is 10.3 Å². The minimum absolute atomic E-state index is 0. The van der Waals surface area contributed by atoms with Gasteiger partial charge in [0.15, 0.2) is 5.96 Å². The smallest absolute Gasteiger partial charge is 0.188 e. The highest BCUT2D eigenvalue weighted by atomic mass is 127. The fourth-order valence-corrected chi connectivity index (χ4v) is 2.48. The van der Waals surface area contributed by atoms with Gasteiger partial charge < -0.3 is 15.8 Å². The zero-order chi connectivity index (χ0) is 11.2. The minimum Gasteiger partial charge on any atom is -0.376 e. The maximum atomic E-state index is 5.85. The van der Waals surface area contributed by atoms with Crippen molar-refractivity contribution in [3.8, 4) is 0 Å². The summed E-state index contributed by atoms with van der Waals surface area (Å²) in [5.41, 5.74) is 5.85. The van der Waals surface area contributed by atoms with E-state index >= 15 is 0 Å². The third-order valence-corrected chi connectivity index (χ3v) is 3.45. The largest absolute Gasteiger partial charge is 0.376 e. The Morgan fingerprint density at radius 2 is 1.88 bits per heavy atom. The Bertz CT molecular complexity index is 236. The van der Waals surface area contributed by atoms with E-state index in [9.17, 15) is 0 Å². The molecule has 5 heteroatoms. The molecular weight excluding hydrogens is 329 g/mol. The molecule has 0 aromatic heterocycles. The Morgan fingerprint density at radius 1 is 1.18 bits per heavy atom. The molecule has 1 unspecified atom stereocenters. The first-order valence-electron chi connectivity index (χ1n) is 6.52. The molecule has 0 radical (unpaired) electrons. The summed E-state index contributed by atoms with van der Waals surface area (Å²) in [5, 5.41) is 3.29. The summed E-state index contributed by atoms with van der Waals surface area (Å²) in [5.74, 6) is 0.598. The van der Waals surface area contributed by atoms with Crippen molar-refractivity contribution in [1.82, 2.24) is 5.32 Å². The molecule has 0 aromatic carbocycles. The summed E-state index contributed by atoms with van der Waals surface area (Å²) in [4.78, 5) is 4.37. The Morgan fingerprint density at radius 3 is 2.53 bits per heavy atom. The van der Waals surface area contributed by atoms with Crippen LogP contribution in [0.25, 0.3) is 0 Å². The molecule has 4 nitrogen and oxygen atoms in total. The lowest BCUT2D eigenvalue weighted by molar-refractivity contribution is 0.0224. The lowest BCUT2D eigenvalue weighted by Crippen LogP contribution is -2.39. The SMILES string of the molecule is I.NC(=NCC1CCCCO1)NC1CCCC1. The molecule has 1 heterocycles. The van der Waals surface area contributed by atoms with E-state index in [-0.39, 0.29) is 30.1 Å². The molecule has 0 bridgehead atoms. The van der Waals surface area contributed by atoms with Crippen molar-refractivity contribution >= 4 is 29.9 Å². The summed E-state index contributed by atoms with van der Waals surface area (Å²) >= 11 is 0. The third-order valence-electron chi connectivity index (χ3n) is 3.45. The number of nitrogens with one attached hydrogen (secondary N) is 1. The van der Waals surface area contributed by atoms with Crippen LogP contribution in [0.1, 0.15) is 44.9 Å². The average molecular weight is 353 g/mol. The second kappa shape index (κ2) is 8.13. The van der Waals surface area contributed by atoms with Crippen molar-refractivity contribution in [2.45, 2.75) is 57.1 Å². The van der Waals surface area contributed by atoms with Gasteiger partial charge in [0.05, 0.1) is 12.6 Å². The number of ether oxygens (including phenoxy) is 1. The van der Waals surface area contributed by atoms with Gasteiger partial charge in [-0.1, -0.05) is 12.8 Å². The van der Waals surface area contributed by atoms with Gasteiger partial charge in [-0.3, -0.25) is 4.99 Å². The Balaban J connectivity index is 0.00000144. The summed E-state index contributed by atoms with van der Waals surface area (Å²) in [6, 6.07) is 0.552. The normalized spacial score (nSPS) is 26.6. The van der Waals surface area contributed by atoms with Crippen LogP contribution in [0.15, 0.2) is 4.99 Å². The second-order valence-electron chi connectivity index (χ2n) is 4.84. The van der Waals surface area contributed by atoms with E-state index < -0.39 is 0 Å². The first-order valence-corrected chi connectivity index (χ1v) is 6.52. The lowest BCUT2D eigenvalue weighted by Gasteiger charge is -2.21. The van der Waals surface area contributed by atoms with Gasteiger partial charge in [-0.2, -0.15) is 0 Å². The van der Waals surface area contributed by atoms with E-state index in [1.807, 2.05) is 0 Å². The van der Waals surface area contributed by atoms with Crippen molar-refractivity contribution in [1.29, 1.82) is 0 Å². The van der Waals surface area contributed by atoms with Gasteiger partial charge in [-0.25, -0.2) is 0 Å². The standard InChI is InChI=1S/C12H23N3O.HI/c13-12(15-10-5-1-2-6-10)14-9-11-7-3-4-8-16-11;/h10-11H,1-9H2,(H3,13,14,15);1H. The number of rotatable bonds is 3. The molecule has 17 heavy (non-hydrogen) atoms. The first-order chi connectivity index (χ1) is 7.84. The van der Waals surface area contributed by atoms with Gasteiger partial charge in [-0.15, -0.1) is 24.0 Å². The van der Waals surface area contributed by atoms with Crippen LogP contribution in [0, 0.1) is 0 Å². The molecule has 0 spiro atoms. The number of nitrogens with zero attached hydrogens (tertiary/aromatic N) is 1. The van der Waals surface area contributed by atoms with E-state index in [1.165, 1.54) is 38.5 Å². The number of halogens is 1. The predicted molar refractivity (Wildman–Crippen MR) is 80.9 cm³/mol. The summed E-state index contributed by atoms with van der Waals surface area (Å²) < 4.78 is 5.61. The average Bonchev–Trinajstić information content (AvgIpc) is 2.81. The van der Waals surface area contributed by atoms with Gasteiger partial charge in [0.1, 0.15) is 0 Å². The molecule has 2 fully saturated rings. The second-order valence-corrected chi connectivity index (χ2v) is 4.84. The topological polar surface area (TPSA) is 59.6 Å². The highest BCUT2D eigenvalue weighted by Gasteiger charge is 2.16. The van der Waals surface area contributed by atoms with E-state index in [0.717, 1.165) is 13.0 Å². The van der Waals surface area contributed by atoms with Gasteiger partial charge in [0.2, 0.25) is 0 Å². The lowest BCUT2D eigenvalue weighted by atomic mass is 10.1. The van der Waals surface area contributed by atoms with Crippen LogP contribution in [0.2, 0.25) is 0 Å². The minimum atomic E-state index is 0. The molecule has 1 saturated carbocycles. The first kappa shape index (κ1) is 15.0. The molecule has 1 aliphatic carbocycles. The van der Waals surface area contributed by atoms with Crippen LogP contribution in [-0.4, -0.2) is 31.3 Å². The molecule has 100 valence electrons. The quantitative estimate of drug-likeness (QED) is 0.464. The molecule has 1 saturated heterocycles.